The Morgan fingerprint density at radius 2 is 1.83 bits per heavy atom. The predicted molar refractivity (Wildman–Crippen MR) is 182 cm³/mol. The van der Waals surface area contributed by atoms with Crippen molar-refractivity contribution < 1.29 is 32.6 Å². The molecule has 3 aromatic rings. The largest absolute Gasteiger partial charge is 0.497 e. The number of urea groups is 1. The Morgan fingerprint density at radius 3 is 2.44 bits per heavy atom. The molecule has 13 nitrogen and oxygen atoms in total. The molecule has 15 heteroatoms. The lowest BCUT2D eigenvalue weighted by Gasteiger charge is -2.33. The van der Waals surface area contributed by atoms with Crippen LogP contribution in [0.25, 0.3) is 0 Å². The van der Waals surface area contributed by atoms with Crippen molar-refractivity contribution in [3.63, 3.8) is 0 Å². The molecule has 1 aromatic heterocycles. The number of hydrogen-bond donors (Lipinski definition) is 3. The summed E-state index contributed by atoms with van der Waals surface area (Å²) in [7, 11) is -2.55. The van der Waals surface area contributed by atoms with E-state index in [1.807, 2.05) is 56.5 Å². The van der Waals surface area contributed by atoms with Crippen LogP contribution in [-0.2, 0) is 32.6 Å². The van der Waals surface area contributed by atoms with E-state index in [1.54, 1.807) is 17.0 Å². The van der Waals surface area contributed by atoms with E-state index in [-0.39, 0.29) is 49.4 Å². The first-order chi connectivity index (χ1) is 22.9. The quantitative estimate of drug-likeness (QED) is 0.170. The van der Waals surface area contributed by atoms with Crippen LogP contribution in [0.5, 0.6) is 5.75 Å². The van der Waals surface area contributed by atoms with Crippen molar-refractivity contribution in [1.29, 1.82) is 0 Å². The second-order valence-corrected chi connectivity index (χ2v) is 15.1. The van der Waals surface area contributed by atoms with Crippen LogP contribution in [-0.4, -0.2) is 109 Å². The third kappa shape index (κ3) is 9.52. The van der Waals surface area contributed by atoms with Crippen LogP contribution in [0.15, 0.2) is 64.9 Å². The van der Waals surface area contributed by atoms with Gasteiger partial charge in [0.25, 0.3) is 0 Å². The van der Waals surface area contributed by atoms with Gasteiger partial charge in [-0.1, -0.05) is 44.2 Å². The minimum absolute atomic E-state index is 0.0460. The Bertz CT molecular complexity index is 1620. The number of aromatic nitrogens is 1. The first kappa shape index (κ1) is 36.8. The first-order valence-electron chi connectivity index (χ1n) is 15.7. The highest BCUT2D eigenvalue weighted by Gasteiger charge is 2.39. The fourth-order valence-corrected chi connectivity index (χ4v) is 7.78. The lowest BCUT2D eigenvalue weighted by molar-refractivity contribution is -0.127. The molecule has 0 bridgehead atoms. The molecular weight excluding hydrogens is 657 g/mol. The summed E-state index contributed by atoms with van der Waals surface area (Å²) in [5.41, 5.74) is 1.56. The van der Waals surface area contributed by atoms with Gasteiger partial charge in [0.15, 0.2) is 0 Å². The number of aliphatic hydroxyl groups is 1. The summed E-state index contributed by atoms with van der Waals surface area (Å²) in [5.74, 6) is -0.146. The molecule has 1 aliphatic heterocycles. The normalized spacial score (nSPS) is 15.4. The molecule has 48 heavy (non-hydrogen) atoms. The number of hydrogen-bond acceptors (Lipinski definition) is 9. The van der Waals surface area contributed by atoms with E-state index in [9.17, 15) is 27.9 Å². The summed E-state index contributed by atoms with van der Waals surface area (Å²) >= 11 is 1.49. The summed E-state index contributed by atoms with van der Waals surface area (Å²) < 4.78 is 34.0. The van der Waals surface area contributed by atoms with Gasteiger partial charge >= 0.3 is 6.03 Å². The van der Waals surface area contributed by atoms with Crippen molar-refractivity contribution in [2.75, 3.05) is 39.8 Å². The molecule has 3 N–H and O–H groups in total. The molecule has 0 saturated carbocycles. The van der Waals surface area contributed by atoms with Crippen molar-refractivity contribution in [1.82, 2.24) is 29.7 Å². The minimum Gasteiger partial charge on any atom is -0.497 e. The fourth-order valence-electron chi connectivity index (χ4n) is 5.56. The maximum Gasteiger partial charge on any atom is 0.321 e. The number of nitrogens with one attached hydrogen (secondary N) is 2. The summed E-state index contributed by atoms with van der Waals surface area (Å²) in [4.78, 5) is 46.2. The zero-order valence-corrected chi connectivity index (χ0v) is 29.2. The molecule has 1 aliphatic rings. The number of rotatable bonds is 18. The molecule has 1 saturated heterocycles. The zero-order chi connectivity index (χ0) is 34.8. The van der Waals surface area contributed by atoms with E-state index >= 15 is 0 Å². The van der Waals surface area contributed by atoms with Gasteiger partial charge in [-0.15, -0.1) is 11.3 Å². The van der Waals surface area contributed by atoms with Gasteiger partial charge < -0.3 is 30.3 Å². The predicted octanol–water partition coefficient (Wildman–Crippen LogP) is 2.25. The lowest BCUT2D eigenvalue weighted by Crippen LogP contribution is -2.58. The van der Waals surface area contributed by atoms with Gasteiger partial charge in [0, 0.05) is 38.1 Å². The van der Waals surface area contributed by atoms with Crippen LogP contribution in [0, 0.1) is 12.8 Å². The summed E-state index contributed by atoms with van der Waals surface area (Å²) in [6, 6.07) is 12.8. The maximum absolute atomic E-state index is 14.0. The SMILES string of the molecule is COc1ccc(S(=O)(=O)N(CC(C)C)C[C@H](O)[C@H](Cc2ccccc2)NC(=O)[C@H](CNC=O)N2CCN(Cc3csc(C)n3)C2=O)cc1. The number of methoxy groups -OCH3 is 1. The number of nitrogens with zero attached hydrogens (tertiary/aromatic N) is 4. The molecule has 4 rings (SSSR count). The first-order valence-corrected chi connectivity index (χ1v) is 18.0. The van der Waals surface area contributed by atoms with Crippen molar-refractivity contribution in [2.45, 2.75) is 56.8 Å². The van der Waals surface area contributed by atoms with Crippen LogP contribution in [0.4, 0.5) is 4.79 Å². The molecule has 3 atom stereocenters. The molecule has 260 valence electrons. The van der Waals surface area contributed by atoms with Crippen LogP contribution < -0.4 is 15.4 Å². The van der Waals surface area contributed by atoms with Crippen LogP contribution >= 0.6 is 11.3 Å². The molecule has 1 fully saturated rings. The van der Waals surface area contributed by atoms with E-state index in [2.05, 4.69) is 15.6 Å². The summed E-state index contributed by atoms with van der Waals surface area (Å²) in [6.45, 7) is 6.21. The van der Waals surface area contributed by atoms with Gasteiger partial charge in [-0.25, -0.2) is 18.2 Å². The number of thiazole rings is 1. The van der Waals surface area contributed by atoms with Crippen molar-refractivity contribution in [3.05, 3.63) is 76.2 Å². The molecule has 2 aromatic carbocycles. The number of benzene rings is 2. The molecular formula is C33H44N6O7S2. The van der Waals surface area contributed by atoms with Crippen LogP contribution in [0.1, 0.15) is 30.1 Å². The van der Waals surface area contributed by atoms with Crippen molar-refractivity contribution in [2.24, 2.45) is 5.92 Å². The lowest BCUT2D eigenvalue weighted by atomic mass is 10.00. The molecule has 0 aliphatic carbocycles. The number of carbonyl (C=O) groups excluding carboxylic acids is 3. The topological polar surface area (TPSA) is 161 Å². The van der Waals surface area contributed by atoms with E-state index in [0.29, 0.717) is 25.2 Å². The molecule has 4 amide bonds. The van der Waals surface area contributed by atoms with Gasteiger partial charge in [-0.05, 0) is 49.1 Å². The standard InChI is InChI=1S/C33H44N6O7S2/c1-23(2)18-38(48(44,45)28-12-10-27(46-4)11-13-28)20-31(41)29(16-25-8-6-5-7-9-25)36-32(42)30(17-34-22-40)39-15-14-37(33(39)43)19-26-21-47-24(3)35-26/h5-13,21-23,29-31,41H,14-20H2,1-4H3,(H,34,40)(H,36,42)/t29-,30-,31-/m0/s1. The average Bonchev–Trinajstić information content (AvgIpc) is 3.65. The average molecular weight is 701 g/mol. The second kappa shape index (κ2) is 16.9. The van der Waals surface area contributed by atoms with Crippen molar-refractivity contribution >= 4 is 39.7 Å². The maximum atomic E-state index is 14.0. The monoisotopic (exact) mass is 700 g/mol. The second-order valence-electron chi connectivity index (χ2n) is 12.1. The number of carbonyl (C=O) groups is 3. The van der Waals surface area contributed by atoms with E-state index in [4.69, 9.17) is 4.74 Å². The van der Waals surface area contributed by atoms with Gasteiger partial charge in [0.05, 0.1) is 41.4 Å². The van der Waals surface area contributed by atoms with Gasteiger partial charge in [-0.2, -0.15) is 4.31 Å². The van der Waals surface area contributed by atoms with Gasteiger partial charge in [-0.3, -0.25) is 9.59 Å². The highest BCUT2D eigenvalue weighted by molar-refractivity contribution is 7.89. The number of amides is 4. The minimum atomic E-state index is -4.04. The summed E-state index contributed by atoms with van der Waals surface area (Å²) in [6.07, 6.45) is -0.691. The van der Waals surface area contributed by atoms with Crippen LogP contribution in [0.2, 0.25) is 0 Å². The Morgan fingerprint density at radius 1 is 1.12 bits per heavy atom. The number of ether oxygens (including phenoxy) is 1. The van der Waals surface area contributed by atoms with Crippen molar-refractivity contribution in [3.8, 4) is 5.75 Å². The highest BCUT2D eigenvalue weighted by atomic mass is 32.2. The number of aryl methyl sites for hydroxylation is 1. The molecule has 0 radical (unpaired) electrons. The van der Waals surface area contributed by atoms with Gasteiger partial charge in [0.1, 0.15) is 11.8 Å². The summed E-state index contributed by atoms with van der Waals surface area (Å²) in [5, 5.41) is 19.9. The Kier molecular flexibility index (Phi) is 12.9. The highest BCUT2D eigenvalue weighted by Crippen LogP contribution is 2.22. The Labute approximate surface area is 286 Å². The smallest absolute Gasteiger partial charge is 0.321 e. The fraction of sp³-hybridized carbons (Fsp3) is 0.455. The third-order valence-electron chi connectivity index (χ3n) is 7.97. The molecule has 0 spiro atoms. The Hall–Kier alpha value is -4.05. The van der Waals surface area contributed by atoms with E-state index in [1.165, 1.54) is 39.8 Å². The third-order valence-corrected chi connectivity index (χ3v) is 10.6. The Balaban J connectivity index is 1.57. The number of sulfonamides is 1. The van der Waals surface area contributed by atoms with E-state index < -0.39 is 34.1 Å². The van der Waals surface area contributed by atoms with Crippen LogP contribution in [0.3, 0.4) is 0 Å². The molecule has 2 heterocycles. The van der Waals surface area contributed by atoms with Gasteiger partial charge in [0.2, 0.25) is 22.3 Å². The number of aliphatic hydroxyl groups excluding tert-OH is 1. The zero-order valence-electron chi connectivity index (χ0n) is 27.6. The molecule has 0 unspecified atom stereocenters. The van der Waals surface area contributed by atoms with E-state index in [0.717, 1.165) is 16.3 Å².